The van der Waals surface area contributed by atoms with E-state index in [1.807, 2.05) is 0 Å². The van der Waals surface area contributed by atoms with E-state index in [1.165, 1.54) is 32.7 Å². The molecule has 1 aliphatic rings. The molecular formula is C29H30O2. The Kier molecular flexibility index (Phi) is 5.90. The molecule has 0 spiro atoms. The predicted molar refractivity (Wildman–Crippen MR) is 129 cm³/mol. The van der Waals surface area contributed by atoms with E-state index in [2.05, 4.69) is 85.8 Å². The van der Waals surface area contributed by atoms with Gasteiger partial charge in [0.15, 0.2) is 0 Å². The van der Waals surface area contributed by atoms with Crippen molar-refractivity contribution in [1.82, 2.24) is 0 Å². The van der Waals surface area contributed by atoms with E-state index < -0.39 is 0 Å². The van der Waals surface area contributed by atoms with Crippen molar-refractivity contribution >= 4 is 21.5 Å². The van der Waals surface area contributed by atoms with Crippen molar-refractivity contribution in [2.45, 2.75) is 57.8 Å². The molecule has 4 aromatic carbocycles. The van der Waals surface area contributed by atoms with Crippen molar-refractivity contribution in [1.29, 1.82) is 0 Å². The minimum Gasteiger partial charge on any atom is -0.490 e. The molecule has 0 atom stereocenters. The van der Waals surface area contributed by atoms with Crippen LogP contribution in [-0.2, 0) is 17.8 Å². The molecule has 0 saturated heterocycles. The Labute approximate surface area is 184 Å². The maximum absolute atomic E-state index is 6.46. The summed E-state index contributed by atoms with van der Waals surface area (Å²) in [6, 6.07) is 28.1. The highest BCUT2D eigenvalue weighted by atomic mass is 16.5. The normalized spacial score (nSPS) is 19.0. The summed E-state index contributed by atoms with van der Waals surface area (Å²) in [5.74, 6) is 0.990. The van der Waals surface area contributed by atoms with Crippen LogP contribution in [0.15, 0.2) is 78.9 Å². The zero-order valence-electron chi connectivity index (χ0n) is 18.2. The van der Waals surface area contributed by atoms with Crippen molar-refractivity contribution in [3.05, 3.63) is 90.0 Å². The second-order valence-electron chi connectivity index (χ2n) is 8.62. The lowest BCUT2D eigenvalue weighted by molar-refractivity contribution is -0.00580. The number of rotatable bonds is 6. The summed E-state index contributed by atoms with van der Waals surface area (Å²) >= 11 is 0. The van der Waals surface area contributed by atoms with Gasteiger partial charge in [0.2, 0.25) is 0 Å². The van der Waals surface area contributed by atoms with Gasteiger partial charge in [0.1, 0.15) is 5.75 Å². The van der Waals surface area contributed by atoms with Crippen LogP contribution in [0.2, 0.25) is 0 Å². The van der Waals surface area contributed by atoms with Crippen LogP contribution in [-0.4, -0.2) is 12.2 Å². The van der Waals surface area contributed by atoms with Crippen molar-refractivity contribution in [2.24, 2.45) is 0 Å². The Morgan fingerprint density at radius 3 is 1.90 bits per heavy atom. The molecule has 0 amide bonds. The average molecular weight is 411 g/mol. The van der Waals surface area contributed by atoms with E-state index in [9.17, 15) is 0 Å². The van der Waals surface area contributed by atoms with E-state index >= 15 is 0 Å². The fourth-order valence-corrected chi connectivity index (χ4v) is 4.78. The summed E-state index contributed by atoms with van der Waals surface area (Å²) in [6.45, 7) is 2.84. The summed E-state index contributed by atoms with van der Waals surface area (Å²) in [6.07, 6.45) is 5.88. The SMILES string of the molecule is CCc1ccc(OC2CCC(OCc3c4ccccc4cc4ccccc34)CC2)cc1. The minimum atomic E-state index is 0.297. The largest absolute Gasteiger partial charge is 0.490 e. The standard InChI is InChI=1S/C29H30O2/c1-2-21-11-13-25(14-12-21)31-26-17-15-24(16-18-26)30-20-29-27-9-5-3-7-22(27)19-23-8-4-6-10-28(23)29/h3-14,19,24,26H,2,15-18,20H2,1H3. The molecule has 0 aromatic heterocycles. The fourth-order valence-electron chi connectivity index (χ4n) is 4.78. The van der Waals surface area contributed by atoms with Crippen LogP contribution in [0.5, 0.6) is 5.75 Å². The lowest BCUT2D eigenvalue weighted by Gasteiger charge is -2.29. The van der Waals surface area contributed by atoms with Gasteiger partial charge in [-0.25, -0.2) is 0 Å². The maximum atomic E-state index is 6.46. The van der Waals surface area contributed by atoms with Crippen LogP contribution < -0.4 is 4.74 Å². The lowest BCUT2D eigenvalue weighted by Crippen LogP contribution is -2.28. The zero-order valence-corrected chi connectivity index (χ0v) is 18.2. The molecule has 0 radical (unpaired) electrons. The number of aryl methyl sites for hydroxylation is 1. The number of benzene rings is 4. The van der Waals surface area contributed by atoms with Crippen LogP contribution in [0.4, 0.5) is 0 Å². The third-order valence-corrected chi connectivity index (χ3v) is 6.60. The molecule has 1 aliphatic carbocycles. The number of hydrogen-bond acceptors (Lipinski definition) is 2. The molecule has 1 saturated carbocycles. The Hall–Kier alpha value is -2.84. The van der Waals surface area contributed by atoms with Crippen molar-refractivity contribution in [3.8, 4) is 5.75 Å². The molecule has 0 bridgehead atoms. The van der Waals surface area contributed by atoms with Crippen molar-refractivity contribution < 1.29 is 9.47 Å². The highest BCUT2D eigenvalue weighted by Crippen LogP contribution is 2.31. The van der Waals surface area contributed by atoms with Crippen LogP contribution >= 0.6 is 0 Å². The molecule has 0 N–H and O–H groups in total. The Morgan fingerprint density at radius 1 is 0.710 bits per heavy atom. The van der Waals surface area contributed by atoms with Gasteiger partial charge >= 0.3 is 0 Å². The second kappa shape index (κ2) is 9.11. The highest BCUT2D eigenvalue weighted by Gasteiger charge is 2.23. The summed E-state index contributed by atoms with van der Waals surface area (Å²) in [7, 11) is 0. The molecule has 1 fully saturated rings. The van der Waals surface area contributed by atoms with Gasteiger partial charge in [-0.05, 0) is 83.0 Å². The summed E-state index contributed by atoms with van der Waals surface area (Å²) in [5, 5.41) is 5.17. The Morgan fingerprint density at radius 2 is 1.29 bits per heavy atom. The fraction of sp³-hybridized carbons (Fsp3) is 0.310. The smallest absolute Gasteiger partial charge is 0.119 e. The summed E-state index contributed by atoms with van der Waals surface area (Å²) in [5.41, 5.74) is 2.66. The molecule has 0 heterocycles. The van der Waals surface area contributed by atoms with E-state index in [0.29, 0.717) is 18.8 Å². The first-order valence-electron chi connectivity index (χ1n) is 11.6. The number of hydrogen-bond donors (Lipinski definition) is 0. The molecule has 0 unspecified atom stereocenters. The van der Waals surface area contributed by atoms with Gasteiger partial charge in [-0.15, -0.1) is 0 Å². The monoisotopic (exact) mass is 410 g/mol. The Bertz CT molecular complexity index is 1100. The number of fused-ring (bicyclic) bond motifs is 2. The average Bonchev–Trinajstić information content (AvgIpc) is 2.83. The van der Waals surface area contributed by atoms with Gasteiger partial charge in [-0.3, -0.25) is 0 Å². The lowest BCUT2D eigenvalue weighted by atomic mass is 9.94. The van der Waals surface area contributed by atoms with Crippen LogP contribution in [0.3, 0.4) is 0 Å². The highest BCUT2D eigenvalue weighted by molar-refractivity contribution is 6.02. The van der Waals surface area contributed by atoms with Gasteiger partial charge in [0, 0.05) is 0 Å². The van der Waals surface area contributed by atoms with E-state index in [0.717, 1.165) is 37.9 Å². The third kappa shape index (κ3) is 4.45. The van der Waals surface area contributed by atoms with Crippen LogP contribution in [0, 0.1) is 0 Å². The molecule has 158 valence electrons. The number of ether oxygens (including phenoxy) is 2. The van der Waals surface area contributed by atoms with Crippen molar-refractivity contribution in [2.75, 3.05) is 0 Å². The second-order valence-corrected chi connectivity index (χ2v) is 8.62. The third-order valence-electron chi connectivity index (χ3n) is 6.60. The molecule has 4 aromatic rings. The van der Waals surface area contributed by atoms with Gasteiger partial charge in [0.25, 0.3) is 0 Å². The topological polar surface area (TPSA) is 18.5 Å². The summed E-state index contributed by atoms with van der Waals surface area (Å²) < 4.78 is 12.7. The van der Waals surface area contributed by atoms with Crippen molar-refractivity contribution in [3.63, 3.8) is 0 Å². The first-order valence-corrected chi connectivity index (χ1v) is 11.6. The maximum Gasteiger partial charge on any atom is 0.119 e. The molecule has 2 heteroatoms. The van der Waals surface area contributed by atoms with Gasteiger partial charge in [-0.2, -0.15) is 0 Å². The first-order chi connectivity index (χ1) is 15.3. The van der Waals surface area contributed by atoms with Gasteiger partial charge in [-0.1, -0.05) is 67.6 Å². The van der Waals surface area contributed by atoms with E-state index in [-0.39, 0.29) is 0 Å². The molecule has 5 rings (SSSR count). The van der Waals surface area contributed by atoms with E-state index in [4.69, 9.17) is 9.47 Å². The molecule has 0 aliphatic heterocycles. The van der Waals surface area contributed by atoms with Gasteiger partial charge < -0.3 is 9.47 Å². The summed E-state index contributed by atoms with van der Waals surface area (Å²) in [4.78, 5) is 0. The molecular weight excluding hydrogens is 380 g/mol. The Balaban J connectivity index is 1.23. The minimum absolute atomic E-state index is 0.297. The quantitative estimate of drug-likeness (QED) is 0.307. The van der Waals surface area contributed by atoms with Crippen LogP contribution in [0.25, 0.3) is 21.5 Å². The van der Waals surface area contributed by atoms with E-state index in [1.54, 1.807) is 0 Å². The first kappa shape index (κ1) is 20.1. The predicted octanol–water partition coefficient (Wildman–Crippen LogP) is 7.46. The molecule has 31 heavy (non-hydrogen) atoms. The van der Waals surface area contributed by atoms with Gasteiger partial charge in [0.05, 0.1) is 18.8 Å². The van der Waals surface area contributed by atoms with Crippen LogP contribution in [0.1, 0.15) is 43.7 Å². The zero-order chi connectivity index (χ0) is 21.0. The molecule has 2 nitrogen and oxygen atoms in total.